The predicted octanol–water partition coefficient (Wildman–Crippen LogP) is 5.20. The van der Waals surface area contributed by atoms with Gasteiger partial charge in [0, 0.05) is 10.6 Å². The highest BCUT2D eigenvalue weighted by Gasteiger charge is 2.31. The molecule has 2 rings (SSSR count). The van der Waals surface area contributed by atoms with E-state index in [1.54, 1.807) is 13.0 Å². The van der Waals surface area contributed by atoms with E-state index in [1.165, 1.54) is 24.3 Å². The van der Waals surface area contributed by atoms with Gasteiger partial charge < -0.3 is 4.74 Å². The fourth-order valence-corrected chi connectivity index (χ4v) is 2.33. The molecule has 0 bridgehead atoms. The average Bonchev–Trinajstić information content (AvgIpc) is 2.46. The second-order valence-electron chi connectivity index (χ2n) is 4.46. The molecule has 0 aromatic heterocycles. The summed E-state index contributed by atoms with van der Waals surface area (Å²) >= 11 is 6.09. The molecule has 0 spiro atoms. The lowest BCUT2D eigenvalue weighted by molar-refractivity contribution is -0.137. The standard InChI is InChI=1S/C16H12ClF3O2/c1-2-22-15(21)12-7-4-8-13(17)14(12)10-5-3-6-11(9-10)16(18,19)20/h3-9H,2H2,1H3. The Hall–Kier alpha value is -2.01. The molecule has 2 aromatic rings. The van der Waals surface area contributed by atoms with E-state index in [2.05, 4.69) is 0 Å². The van der Waals surface area contributed by atoms with Crippen LogP contribution in [0.2, 0.25) is 5.02 Å². The first-order valence-corrected chi connectivity index (χ1v) is 6.85. The minimum atomic E-state index is -4.47. The minimum Gasteiger partial charge on any atom is -0.462 e. The van der Waals surface area contributed by atoms with Gasteiger partial charge in [-0.15, -0.1) is 0 Å². The molecule has 22 heavy (non-hydrogen) atoms. The first-order valence-electron chi connectivity index (χ1n) is 6.48. The van der Waals surface area contributed by atoms with Gasteiger partial charge >= 0.3 is 12.1 Å². The Labute approximate surface area is 130 Å². The molecule has 116 valence electrons. The summed E-state index contributed by atoms with van der Waals surface area (Å²) in [4.78, 5) is 12.0. The smallest absolute Gasteiger partial charge is 0.416 e. The molecule has 0 saturated heterocycles. The van der Waals surface area contributed by atoms with E-state index in [4.69, 9.17) is 16.3 Å². The van der Waals surface area contributed by atoms with Crippen molar-refractivity contribution in [3.63, 3.8) is 0 Å². The third kappa shape index (κ3) is 3.42. The lowest BCUT2D eigenvalue weighted by Gasteiger charge is -2.13. The molecule has 0 N–H and O–H groups in total. The van der Waals surface area contributed by atoms with E-state index in [-0.39, 0.29) is 28.3 Å². The predicted molar refractivity (Wildman–Crippen MR) is 77.8 cm³/mol. The van der Waals surface area contributed by atoms with Gasteiger partial charge in [-0.05, 0) is 36.8 Å². The molecular formula is C16H12ClF3O2. The van der Waals surface area contributed by atoms with Gasteiger partial charge in [0.15, 0.2) is 0 Å². The first kappa shape index (κ1) is 16.4. The van der Waals surface area contributed by atoms with Crippen LogP contribution < -0.4 is 0 Å². The van der Waals surface area contributed by atoms with Crippen molar-refractivity contribution in [2.75, 3.05) is 6.61 Å². The average molecular weight is 329 g/mol. The normalized spacial score (nSPS) is 11.3. The summed E-state index contributed by atoms with van der Waals surface area (Å²) in [5, 5.41) is 0.185. The lowest BCUT2D eigenvalue weighted by atomic mass is 9.98. The van der Waals surface area contributed by atoms with Gasteiger partial charge in [-0.3, -0.25) is 0 Å². The molecule has 0 aliphatic carbocycles. The topological polar surface area (TPSA) is 26.3 Å². The van der Waals surface area contributed by atoms with Gasteiger partial charge in [-0.25, -0.2) is 4.79 Å². The van der Waals surface area contributed by atoms with Crippen LogP contribution in [0.5, 0.6) is 0 Å². The van der Waals surface area contributed by atoms with E-state index in [9.17, 15) is 18.0 Å². The van der Waals surface area contributed by atoms with Gasteiger partial charge in [-0.2, -0.15) is 13.2 Å². The first-order chi connectivity index (χ1) is 10.3. The van der Waals surface area contributed by atoms with E-state index in [0.717, 1.165) is 12.1 Å². The van der Waals surface area contributed by atoms with Crippen LogP contribution in [-0.2, 0) is 10.9 Å². The van der Waals surface area contributed by atoms with E-state index >= 15 is 0 Å². The molecule has 0 amide bonds. The number of halogens is 4. The maximum Gasteiger partial charge on any atom is 0.416 e. The van der Waals surface area contributed by atoms with Crippen molar-refractivity contribution in [1.29, 1.82) is 0 Å². The lowest BCUT2D eigenvalue weighted by Crippen LogP contribution is -2.08. The number of alkyl halides is 3. The third-order valence-corrected chi connectivity index (χ3v) is 3.30. The largest absolute Gasteiger partial charge is 0.462 e. The SMILES string of the molecule is CCOC(=O)c1cccc(Cl)c1-c1cccc(C(F)(F)F)c1. The Morgan fingerprint density at radius 1 is 1.18 bits per heavy atom. The van der Waals surface area contributed by atoms with Crippen molar-refractivity contribution in [2.45, 2.75) is 13.1 Å². The zero-order chi connectivity index (χ0) is 16.3. The number of carbonyl (C=O) groups excluding carboxylic acids is 1. The van der Waals surface area contributed by atoms with Gasteiger partial charge in [0.05, 0.1) is 17.7 Å². The van der Waals surface area contributed by atoms with Crippen molar-refractivity contribution in [1.82, 2.24) is 0 Å². The van der Waals surface area contributed by atoms with Crippen LogP contribution in [0.1, 0.15) is 22.8 Å². The summed E-state index contributed by atoms with van der Waals surface area (Å²) in [6.45, 7) is 1.81. The minimum absolute atomic E-state index is 0.133. The summed E-state index contributed by atoms with van der Waals surface area (Å²) in [7, 11) is 0. The van der Waals surface area contributed by atoms with E-state index < -0.39 is 17.7 Å². The molecule has 0 atom stereocenters. The Balaban J connectivity index is 2.60. The van der Waals surface area contributed by atoms with Gasteiger partial charge in [0.1, 0.15) is 0 Å². The van der Waals surface area contributed by atoms with Crippen LogP contribution >= 0.6 is 11.6 Å². The number of benzene rings is 2. The van der Waals surface area contributed by atoms with Crippen LogP contribution in [0.3, 0.4) is 0 Å². The molecule has 0 saturated carbocycles. The van der Waals surface area contributed by atoms with Crippen LogP contribution in [0.25, 0.3) is 11.1 Å². The summed E-state index contributed by atoms with van der Waals surface area (Å²) in [5.41, 5.74) is -0.231. The van der Waals surface area contributed by atoms with Crippen LogP contribution in [0.4, 0.5) is 13.2 Å². The monoisotopic (exact) mass is 328 g/mol. The quantitative estimate of drug-likeness (QED) is 0.724. The van der Waals surface area contributed by atoms with Crippen LogP contribution in [0.15, 0.2) is 42.5 Å². The summed E-state index contributed by atoms with van der Waals surface area (Å²) < 4.78 is 43.4. The zero-order valence-corrected chi connectivity index (χ0v) is 12.3. The summed E-state index contributed by atoms with van der Waals surface area (Å²) in [6.07, 6.45) is -4.47. The maximum absolute atomic E-state index is 12.8. The van der Waals surface area contributed by atoms with Crippen LogP contribution in [-0.4, -0.2) is 12.6 Å². The number of carbonyl (C=O) groups is 1. The molecule has 0 heterocycles. The van der Waals surface area contributed by atoms with E-state index in [0.29, 0.717) is 0 Å². The Kier molecular flexibility index (Phi) is 4.76. The van der Waals surface area contributed by atoms with Crippen molar-refractivity contribution in [3.05, 3.63) is 58.6 Å². The second kappa shape index (κ2) is 6.40. The molecule has 0 unspecified atom stereocenters. The number of esters is 1. The van der Waals surface area contributed by atoms with Crippen LogP contribution in [0, 0.1) is 0 Å². The molecule has 2 aromatic carbocycles. The Bertz CT molecular complexity index is 696. The number of hydrogen-bond acceptors (Lipinski definition) is 2. The zero-order valence-electron chi connectivity index (χ0n) is 11.6. The third-order valence-electron chi connectivity index (χ3n) is 2.99. The summed E-state index contributed by atoms with van der Waals surface area (Å²) in [6, 6.07) is 9.20. The van der Waals surface area contributed by atoms with Crippen molar-refractivity contribution >= 4 is 17.6 Å². The van der Waals surface area contributed by atoms with Gasteiger partial charge in [0.2, 0.25) is 0 Å². The molecular weight excluding hydrogens is 317 g/mol. The van der Waals surface area contributed by atoms with Crippen molar-refractivity contribution in [2.24, 2.45) is 0 Å². The van der Waals surface area contributed by atoms with E-state index in [1.807, 2.05) is 0 Å². The van der Waals surface area contributed by atoms with Crippen molar-refractivity contribution < 1.29 is 22.7 Å². The van der Waals surface area contributed by atoms with Gasteiger partial charge in [0.25, 0.3) is 0 Å². The second-order valence-corrected chi connectivity index (χ2v) is 4.87. The Morgan fingerprint density at radius 2 is 1.86 bits per heavy atom. The summed E-state index contributed by atoms with van der Waals surface area (Å²) in [5.74, 6) is -0.627. The highest BCUT2D eigenvalue weighted by molar-refractivity contribution is 6.34. The fourth-order valence-electron chi connectivity index (χ4n) is 2.05. The number of ether oxygens (including phenoxy) is 1. The maximum atomic E-state index is 12.8. The number of rotatable bonds is 3. The molecule has 0 aliphatic rings. The highest BCUT2D eigenvalue weighted by Crippen LogP contribution is 2.36. The molecule has 0 fully saturated rings. The van der Waals surface area contributed by atoms with Gasteiger partial charge in [-0.1, -0.05) is 29.8 Å². The molecule has 2 nitrogen and oxygen atoms in total. The molecule has 0 aliphatic heterocycles. The highest BCUT2D eigenvalue weighted by atomic mass is 35.5. The number of hydrogen-bond donors (Lipinski definition) is 0. The van der Waals surface area contributed by atoms with Crippen molar-refractivity contribution in [3.8, 4) is 11.1 Å². The molecule has 6 heteroatoms. The molecule has 0 radical (unpaired) electrons. The Morgan fingerprint density at radius 3 is 2.50 bits per heavy atom. The fraction of sp³-hybridized carbons (Fsp3) is 0.188.